The van der Waals surface area contributed by atoms with Crippen molar-refractivity contribution < 1.29 is 9.18 Å². The van der Waals surface area contributed by atoms with Crippen molar-refractivity contribution in [1.29, 1.82) is 0 Å². The monoisotopic (exact) mass is 316 g/mol. The summed E-state index contributed by atoms with van der Waals surface area (Å²) < 4.78 is 14.2. The smallest absolute Gasteiger partial charge is 0.315 e. The van der Waals surface area contributed by atoms with Crippen LogP contribution in [0.1, 0.15) is 26.3 Å². The summed E-state index contributed by atoms with van der Waals surface area (Å²) in [5.41, 5.74) is 0.480. The fourth-order valence-corrected chi connectivity index (χ4v) is 1.67. The van der Waals surface area contributed by atoms with E-state index in [-0.39, 0.29) is 23.8 Å². The van der Waals surface area contributed by atoms with Crippen LogP contribution in [0.2, 0.25) is 0 Å². The number of hydrogen-bond acceptors (Lipinski definition) is 1. The fraction of sp³-hybridized carbons (Fsp3) is 0.462. The highest BCUT2D eigenvalue weighted by molar-refractivity contribution is 9.10. The normalized spacial score (nSPS) is 11.2. The van der Waals surface area contributed by atoms with E-state index < -0.39 is 0 Å². The van der Waals surface area contributed by atoms with E-state index in [0.717, 1.165) is 4.47 Å². The summed E-state index contributed by atoms with van der Waals surface area (Å²) in [7, 11) is 0. The van der Waals surface area contributed by atoms with Gasteiger partial charge in [0.25, 0.3) is 0 Å². The van der Waals surface area contributed by atoms with E-state index in [4.69, 9.17) is 0 Å². The third kappa shape index (κ3) is 5.49. The molecule has 2 amide bonds. The Morgan fingerprint density at radius 1 is 1.33 bits per heavy atom. The lowest BCUT2D eigenvalue weighted by atomic mass is 9.97. The number of carbonyl (C=O) groups excluding carboxylic acids is 1. The van der Waals surface area contributed by atoms with Gasteiger partial charge >= 0.3 is 6.03 Å². The van der Waals surface area contributed by atoms with E-state index in [9.17, 15) is 9.18 Å². The molecule has 0 aliphatic carbocycles. The van der Waals surface area contributed by atoms with Gasteiger partial charge in [0.15, 0.2) is 0 Å². The third-order valence-corrected chi connectivity index (χ3v) is 2.72. The van der Waals surface area contributed by atoms with Crippen LogP contribution >= 0.6 is 15.9 Å². The molecular formula is C13H18BrFN2O. The van der Waals surface area contributed by atoms with E-state index in [1.807, 2.05) is 20.8 Å². The molecule has 0 bridgehead atoms. The second-order valence-corrected chi connectivity index (χ2v) is 6.25. The van der Waals surface area contributed by atoms with Gasteiger partial charge < -0.3 is 10.6 Å². The molecule has 1 aromatic rings. The molecule has 0 heterocycles. The molecule has 0 fully saturated rings. The first-order valence-electron chi connectivity index (χ1n) is 5.73. The number of urea groups is 1. The number of amides is 2. The van der Waals surface area contributed by atoms with E-state index >= 15 is 0 Å². The molecule has 3 nitrogen and oxygen atoms in total. The summed E-state index contributed by atoms with van der Waals surface area (Å²) in [5.74, 6) is -0.325. The highest BCUT2D eigenvalue weighted by atomic mass is 79.9. The minimum atomic E-state index is -0.325. The molecule has 0 radical (unpaired) electrons. The predicted octanol–water partition coefficient (Wildman–Crippen LogP) is 3.43. The number of nitrogens with one attached hydrogen (secondary N) is 2. The van der Waals surface area contributed by atoms with Crippen LogP contribution in [0.5, 0.6) is 0 Å². The first-order chi connectivity index (χ1) is 8.28. The van der Waals surface area contributed by atoms with Crippen molar-refractivity contribution >= 4 is 22.0 Å². The van der Waals surface area contributed by atoms with Gasteiger partial charge in [-0.2, -0.15) is 0 Å². The predicted molar refractivity (Wildman–Crippen MR) is 73.8 cm³/mol. The van der Waals surface area contributed by atoms with Crippen LogP contribution < -0.4 is 10.6 Å². The van der Waals surface area contributed by atoms with Crippen molar-refractivity contribution in [3.8, 4) is 0 Å². The Labute approximate surface area is 115 Å². The number of carbonyl (C=O) groups is 1. The van der Waals surface area contributed by atoms with Gasteiger partial charge in [0.1, 0.15) is 5.82 Å². The molecule has 0 saturated heterocycles. The Hall–Kier alpha value is -1.10. The largest absolute Gasteiger partial charge is 0.338 e. The van der Waals surface area contributed by atoms with E-state index in [2.05, 4.69) is 26.6 Å². The van der Waals surface area contributed by atoms with Crippen LogP contribution in [0, 0.1) is 11.2 Å². The van der Waals surface area contributed by atoms with Crippen LogP contribution in [0.3, 0.4) is 0 Å². The number of halogens is 2. The summed E-state index contributed by atoms with van der Waals surface area (Å²) >= 11 is 3.27. The maximum absolute atomic E-state index is 13.4. The van der Waals surface area contributed by atoms with Crippen molar-refractivity contribution in [2.75, 3.05) is 6.54 Å². The van der Waals surface area contributed by atoms with Crippen LogP contribution in [0.25, 0.3) is 0 Å². The van der Waals surface area contributed by atoms with Gasteiger partial charge in [0.2, 0.25) is 0 Å². The van der Waals surface area contributed by atoms with Gasteiger partial charge in [-0.25, -0.2) is 9.18 Å². The zero-order valence-corrected chi connectivity index (χ0v) is 12.4. The maximum atomic E-state index is 13.4. The Kier molecular flexibility index (Phi) is 5.14. The lowest BCUT2D eigenvalue weighted by Crippen LogP contribution is -2.39. The summed E-state index contributed by atoms with van der Waals surface area (Å²) in [4.78, 5) is 11.5. The third-order valence-electron chi connectivity index (χ3n) is 2.23. The molecule has 0 atom stereocenters. The molecule has 100 valence electrons. The Morgan fingerprint density at radius 3 is 2.61 bits per heavy atom. The first kappa shape index (κ1) is 15.0. The van der Waals surface area contributed by atoms with Crippen molar-refractivity contribution in [1.82, 2.24) is 10.6 Å². The van der Waals surface area contributed by atoms with E-state index in [1.54, 1.807) is 12.1 Å². The van der Waals surface area contributed by atoms with Crippen molar-refractivity contribution in [3.63, 3.8) is 0 Å². The van der Waals surface area contributed by atoms with Crippen LogP contribution in [-0.2, 0) is 6.54 Å². The second-order valence-electron chi connectivity index (χ2n) is 5.33. The van der Waals surface area contributed by atoms with Crippen LogP contribution in [-0.4, -0.2) is 12.6 Å². The Balaban J connectivity index is 2.45. The molecule has 18 heavy (non-hydrogen) atoms. The molecule has 0 aromatic heterocycles. The first-order valence-corrected chi connectivity index (χ1v) is 6.53. The summed E-state index contributed by atoms with van der Waals surface area (Å²) in [5, 5.41) is 5.37. The molecule has 0 aliphatic rings. The average molecular weight is 317 g/mol. The molecule has 1 aromatic carbocycles. The van der Waals surface area contributed by atoms with Crippen LogP contribution in [0.4, 0.5) is 9.18 Å². The highest BCUT2D eigenvalue weighted by Gasteiger charge is 2.12. The van der Waals surface area contributed by atoms with Gasteiger partial charge in [0, 0.05) is 23.1 Å². The molecule has 0 saturated carbocycles. The van der Waals surface area contributed by atoms with Crippen molar-refractivity contribution in [2.45, 2.75) is 27.3 Å². The van der Waals surface area contributed by atoms with Gasteiger partial charge in [0.05, 0.1) is 0 Å². The molecular weight excluding hydrogens is 299 g/mol. The maximum Gasteiger partial charge on any atom is 0.315 e. The van der Waals surface area contributed by atoms with Gasteiger partial charge in [-0.05, 0) is 23.6 Å². The Morgan fingerprint density at radius 2 is 2.00 bits per heavy atom. The quantitative estimate of drug-likeness (QED) is 0.881. The minimum Gasteiger partial charge on any atom is -0.338 e. The molecule has 1 rings (SSSR count). The van der Waals surface area contributed by atoms with Gasteiger partial charge in [-0.15, -0.1) is 0 Å². The summed E-state index contributed by atoms with van der Waals surface area (Å²) in [6, 6.07) is 4.36. The standard InChI is InChI=1S/C13H18BrFN2O/c1-13(2,3)8-17-12(18)16-7-9-6-10(14)4-5-11(9)15/h4-6H,7-8H2,1-3H3,(H2,16,17,18). The highest BCUT2D eigenvalue weighted by Crippen LogP contribution is 2.15. The van der Waals surface area contributed by atoms with E-state index in [0.29, 0.717) is 12.1 Å². The zero-order chi connectivity index (χ0) is 13.8. The molecule has 0 unspecified atom stereocenters. The summed E-state index contributed by atoms with van der Waals surface area (Å²) in [6.45, 7) is 6.82. The number of rotatable bonds is 3. The van der Waals surface area contributed by atoms with E-state index in [1.165, 1.54) is 6.07 Å². The lowest BCUT2D eigenvalue weighted by molar-refractivity contribution is 0.235. The number of hydrogen-bond donors (Lipinski definition) is 2. The van der Waals surface area contributed by atoms with Gasteiger partial charge in [-0.1, -0.05) is 36.7 Å². The number of benzene rings is 1. The fourth-order valence-electron chi connectivity index (χ4n) is 1.26. The molecule has 0 aliphatic heterocycles. The SMILES string of the molecule is CC(C)(C)CNC(=O)NCc1cc(Br)ccc1F. The van der Waals surface area contributed by atoms with Crippen LogP contribution in [0.15, 0.2) is 22.7 Å². The second kappa shape index (κ2) is 6.18. The van der Waals surface area contributed by atoms with Crippen molar-refractivity contribution in [2.24, 2.45) is 5.41 Å². The van der Waals surface area contributed by atoms with Gasteiger partial charge in [-0.3, -0.25) is 0 Å². The summed E-state index contributed by atoms with van der Waals surface area (Å²) in [6.07, 6.45) is 0. The average Bonchev–Trinajstić information content (AvgIpc) is 2.26. The lowest BCUT2D eigenvalue weighted by Gasteiger charge is -2.19. The topological polar surface area (TPSA) is 41.1 Å². The molecule has 0 spiro atoms. The Bertz CT molecular complexity index is 429. The molecule has 2 N–H and O–H groups in total. The zero-order valence-electron chi connectivity index (χ0n) is 10.8. The van der Waals surface area contributed by atoms with Crippen molar-refractivity contribution in [3.05, 3.63) is 34.1 Å². The molecule has 5 heteroatoms. The minimum absolute atomic E-state index is 0.0262.